The number of Topliss-reactive ketones (excluding diaryl/α,β-unsaturated/α-hetero) is 1. The zero-order chi connectivity index (χ0) is 14.4. The molecule has 0 heterocycles. The van der Waals surface area contributed by atoms with Gasteiger partial charge in [0.05, 0.1) is 0 Å². The molecule has 2 aliphatic rings. The molecule has 2 unspecified atom stereocenters. The molecule has 2 aliphatic carbocycles. The maximum atomic E-state index is 13.2. The minimum absolute atomic E-state index is 0.276. The summed E-state index contributed by atoms with van der Waals surface area (Å²) in [6.45, 7) is 4.98. The predicted octanol–water partition coefficient (Wildman–Crippen LogP) is 4.90. The van der Waals surface area contributed by atoms with Crippen molar-refractivity contribution in [2.45, 2.75) is 90.1 Å². The van der Waals surface area contributed by atoms with E-state index in [4.69, 9.17) is 4.74 Å². The molecule has 0 spiro atoms. The molecule has 2 rings (SSSR count). The smallest absolute Gasteiger partial charge is 0.167 e. The molecular formula is C18H32O2. The number of rotatable bonds is 5. The van der Waals surface area contributed by atoms with Crippen molar-refractivity contribution in [2.75, 3.05) is 6.61 Å². The van der Waals surface area contributed by atoms with Crippen molar-refractivity contribution in [3.8, 4) is 0 Å². The van der Waals surface area contributed by atoms with Gasteiger partial charge in [-0.2, -0.15) is 0 Å². The average molecular weight is 280 g/mol. The molecule has 2 heteroatoms. The van der Waals surface area contributed by atoms with Gasteiger partial charge in [0, 0.05) is 12.5 Å². The summed E-state index contributed by atoms with van der Waals surface area (Å²) < 4.78 is 6.08. The highest BCUT2D eigenvalue weighted by Gasteiger charge is 2.43. The van der Waals surface area contributed by atoms with Crippen molar-refractivity contribution in [2.24, 2.45) is 11.8 Å². The maximum Gasteiger partial charge on any atom is 0.167 e. The SMILES string of the molecule is CCOC1(C(=O)C2CCCC(CC)C2)CCCCCC1. The van der Waals surface area contributed by atoms with Crippen molar-refractivity contribution < 1.29 is 9.53 Å². The van der Waals surface area contributed by atoms with E-state index in [1.165, 1.54) is 32.1 Å². The Labute approximate surface area is 124 Å². The third kappa shape index (κ3) is 3.63. The van der Waals surface area contributed by atoms with Crippen molar-refractivity contribution >= 4 is 5.78 Å². The first kappa shape index (κ1) is 16.0. The fourth-order valence-electron chi connectivity index (χ4n) is 4.31. The Kier molecular flexibility index (Phi) is 6.07. The van der Waals surface area contributed by atoms with Gasteiger partial charge in [-0.05, 0) is 38.5 Å². The van der Waals surface area contributed by atoms with E-state index in [0.29, 0.717) is 12.4 Å². The maximum absolute atomic E-state index is 13.2. The zero-order valence-electron chi connectivity index (χ0n) is 13.5. The second-order valence-corrected chi connectivity index (χ2v) is 6.84. The summed E-state index contributed by atoms with van der Waals surface area (Å²) >= 11 is 0. The predicted molar refractivity (Wildman–Crippen MR) is 82.8 cm³/mol. The van der Waals surface area contributed by atoms with Gasteiger partial charge < -0.3 is 4.74 Å². The van der Waals surface area contributed by atoms with E-state index in [1.807, 2.05) is 6.92 Å². The van der Waals surface area contributed by atoms with Crippen LogP contribution in [0.3, 0.4) is 0 Å². The molecule has 2 nitrogen and oxygen atoms in total. The van der Waals surface area contributed by atoms with Crippen LogP contribution < -0.4 is 0 Å². The Morgan fingerprint density at radius 3 is 2.35 bits per heavy atom. The number of ketones is 1. The fourth-order valence-corrected chi connectivity index (χ4v) is 4.31. The monoisotopic (exact) mass is 280 g/mol. The Balaban J connectivity index is 2.09. The summed E-state index contributed by atoms with van der Waals surface area (Å²) in [6, 6.07) is 0. The molecule has 0 N–H and O–H groups in total. The van der Waals surface area contributed by atoms with E-state index in [0.717, 1.165) is 44.4 Å². The first-order valence-electron chi connectivity index (χ1n) is 8.90. The Morgan fingerprint density at radius 1 is 1.05 bits per heavy atom. The second kappa shape index (κ2) is 7.59. The minimum Gasteiger partial charge on any atom is -0.367 e. The van der Waals surface area contributed by atoms with Gasteiger partial charge in [-0.15, -0.1) is 0 Å². The molecule has 0 bridgehead atoms. The van der Waals surface area contributed by atoms with Crippen LogP contribution >= 0.6 is 0 Å². The number of hydrogen-bond donors (Lipinski definition) is 0. The third-order valence-electron chi connectivity index (χ3n) is 5.51. The van der Waals surface area contributed by atoms with Gasteiger partial charge in [0.1, 0.15) is 5.60 Å². The number of carbonyl (C=O) groups is 1. The van der Waals surface area contributed by atoms with Crippen LogP contribution in [-0.2, 0) is 9.53 Å². The highest BCUT2D eigenvalue weighted by Crippen LogP contribution is 2.39. The van der Waals surface area contributed by atoms with Gasteiger partial charge in [0.2, 0.25) is 0 Å². The van der Waals surface area contributed by atoms with Gasteiger partial charge in [0.25, 0.3) is 0 Å². The molecule has 2 saturated carbocycles. The quantitative estimate of drug-likeness (QED) is 0.669. The largest absolute Gasteiger partial charge is 0.367 e. The van der Waals surface area contributed by atoms with Crippen molar-refractivity contribution in [3.63, 3.8) is 0 Å². The molecule has 0 aliphatic heterocycles. The van der Waals surface area contributed by atoms with Crippen LogP contribution in [0.5, 0.6) is 0 Å². The van der Waals surface area contributed by atoms with Crippen molar-refractivity contribution in [1.29, 1.82) is 0 Å². The first-order valence-corrected chi connectivity index (χ1v) is 8.90. The average Bonchev–Trinajstić information content (AvgIpc) is 2.73. The summed E-state index contributed by atoms with van der Waals surface area (Å²) in [5, 5.41) is 0. The molecule has 2 atom stereocenters. The molecule has 20 heavy (non-hydrogen) atoms. The standard InChI is InChI=1S/C18H32O2/c1-3-15-10-9-11-16(14-15)17(19)18(20-4-2)12-7-5-6-8-13-18/h15-16H,3-14H2,1-2H3. The number of ether oxygens (including phenoxy) is 1. The first-order chi connectivity index (χ1) is 9.72. The normalized spacial score (nSPS) is 30.7. The molecule has 0 amide bonds. The fraction of sp³-hybridized carbons (Fsp3) is 0.944. The molecule has 116 valence electrons. The second-order valence-electron chi connectivity index (χ2n) is 6.84. The van der Waals surface area contributed by atoms with E-state index in [2.05, 4.69) is 6.92 Å². The third-order valence-corrected chi connectivity index (χ3v) is 5.51. The summed E-state index contributed by atoms with van der Waals surface area (Å²) in [7, 11) is 0. The van der Waals surface area contributed by atoms with Crippen LogP contribution in [0.2, 0.25) is 0 Å². The van der Waals surface area contributed by atoms with E-state index in [9.17, 15) is 4.79 Å². The van der Waals surface area contributed by atoms with Crippen LogP contribution in [0.15, 0.2) is 0 Å². The van der Waals surface area contributed by atoms with Gasteiger partial charge >= 0.3 is 0 Å². The van der Waals surface area contributed by atoms with Crippen molar-refractivity contribution in [1.82, 2.24) is 0 Å². The van der Waals surface area contributed by atoms with Crippen LogP contribution in [-0.4, -0.2) is 18.0 Å². The lowest BCUT2D eigenvalue weighted by atomic mass is 9.72. The van der Waals surface area contributed by atoms with E-state index >= 15 is 0 Å². The van der Waals surface area contributed by atoms with Gasteiger partial charge in [-0.25, -0.2) is 0 Å². The number of hydrogen-bond acceptors (Lipinski definition) is 2. The molecule has 0 aromatic heterocycles. The van der Waals surface area contributed by atoms with Crippen LogP contribution in [0.4, 0.5) is 0 Å². The Hall–Kier alpha value is -0.370. The lowest BCUT2D eigenvalue weighted by molar-refractivity contribution is -0.152. The van der Waals surface area contributed by atoms with Gasteiger partial charge in [0.15, 0.2) is 5.78 Å². The molecule has 2 fully saturated rings. The minimum atomic E-state index is -0.425. The van der Waals surface area contributed by atoms with E-state index in [-0.39, 0.29) is 5.92 Å². The Bertz CT molecular complexity index is 303. The summed E-state index contributed by atoms with van der Waals surface area (Å²) in [4.78, 5) is 13.2. The molecule has 0 aromatic rings. The Morgan fingerprint density at radius 2 is 1.75 bits per heavy atom. The van der Waals surface area contributed by atoms with E-state index < -0.39 is 5.60 Å². The summed E-state index contributed by atoms with van der Waals surface area (Å²) in [5.41, 5.74) is -0.425. The number of carbonyl (C=O) groups excluding carboxylic acids is 1. The summed E-state index contributed by atoms with van der Waals surface area (Å²) in [5.74, 6) is 1.50. The molecular weight excluding hydrogens is 248 g/mol. The lowest BCUT2D eigenvalue weighted by Crippen LogP contribution is -2.46. The highest BCUT2D eigenvalue weighted by molar-refractivity contribution is 5.89. The van der Waals surface area contributed by atoms with Crippen LogP contribution in [0.1, 0.15) is 84.5 Å². The van der Waals surface area contributed by atoms with Crippen LogP contribution in [0.25, 0.3) is 0 Å². The van der Waals surface area contributed by atoms with Crippen LogP contribution in [0, 0.1) is 11.8 Å². The topological polar surface area (TPSA) is 26.3 Å². The molecule has 0 aromatic carbocycles. The molecule has 0 saturated heterocycles. The zero-order valence-corrected chi connectivity index (χ0v) is 13.5. The van der Waals surface area contributed by atoms with Crippen molar-refractivity contribution in [3.05, 3.63) is 0 Å². The van der Waals surface area contributed by atoms with Gasteiger partial charge in [-0.1, -0.05) is 51.9 Å². The lowest BCUT2D eigenvalue weighted by Gasteiger charge is -2.37. The highest BCUT2D eigenvalue weighted by atomic mass is 16.5. The van der Waals surface area contributed by atoms with E-state index in [1.54, 1.807) is 0 Å². The van der Waals surface area contributed by atoms with Gasteiger partial charge in [-0.3, -0.25) is 4.79 Å². The summed E-state index contributed by atoms with van der Waals surface area (Å²) in [6.07, 6.45) is 12.8. The molecule has 0 radical (unpaired) electrons.